The molecular weight excluding hydrogens is 305 g/mol. The van der Waals surface area contributed by atoms with E-state index in [0.717, 1.165) is 6.42 Å². The van der Waals surface area contributed by atoms with Crippen LogP contribution in [0.4, 0.5) is 4.39 Å². The number of halogens is 1. The number of nitrogens with zero attached hydrogens (tertiary/aromatic N) is 1. The molecule has 124 valence electrons. The van der Waals surface area contributed by atoms with Gasteiger partial charge in [-0.3, -0.25) is 9.69 Å². The molecule has 0 amide bonds. The summed E-state index contributed by atoms with van der Waals surface area (Å²) < 4.78 is 13.1. The fraction of sp³-hybridized carbons (Fsp3) is 0.250. The molecule has 3 rings (SSSR count). The second-order valence-electron chi connectivity index (χ2n) is 6.14. The molecule has 2 aromatic rings. The number of carboxylic acids is 1. The van der Waals surface area contributed by atoms with Gasteiger partial charge in [0, 0.05) is 13.1 Å². The summed E-state index contributed by atoms with van der Waals surface area (Å²) in [6, 6.07) is 13.3. The Hall–Kier alpha value is -2.46. The number of rotatable bonds is 4. The first-order valence-electron chi connectivity index (χ1n) is 8.03. The quantitative estimate of drug-likeness (QED) is 0.922. The maximum atomic E-state index is 13.1. The zero-order valence-electron chi connectivity index (χ0n) is 13.6. The Morgan fingerprint density at radius 1 is 1.21 bits per heavy atom. The minimum atomic E-state index is -0.908. The Morgan fingerprint density at radius 3 is 2.54 bits per heavy atom. The molecule has 1 aliphatic heterocycles. The zero-order valence-corrected chi connectivity index (χ0v) is 13.6. The molecule has 0 aromatic heterocycles. The number of aryl methyl sites for hydroxylation is 1. The average molecular weight is 325 g/mol. The summed E-state index contributed by atoms with van der Waals surface area (Å²) in [4.78, 5) is 13.6. The van der Waals surface area contributed by atoms with Gasteiger partial charge in [0.15, 0.2) is 0 Å². The van der Waals surface area contributed by atoms with Crippen LogP contribution in [0.2, 0.25) is 0 Å². The Labute approximate surface area is 141 Å². The molecule has 24 heavy (non-hydrogen) atoms. The van der Waals surface area contributed by atoms with Gasteiger partial charge < -0.3 is 5.11 Å². The van der Waals surface area contributed by atoms with Crippen LogP contribution in [0.1, 0.15) is 29.2 Å². The van der Waals surface area contributed by atoms with Gasteiger partial charge in [-0.05, 0) is 42.2 Å². The topological polar surface area (TPSA) is 40.5 Å². The van der Waals surface area contributed by atoms with Gasteiger partial charge in [-0.25, -0.2) is 4.39 Å². The molecule has 0 bridgehead atoms. The van der Waals surface area contributed by atoms with Gasteiger partial charge >= 0.3 is 5.97 Å². The zero-order chi connectivity index (χ0) is 17.1. The predicted molar refractivity (Wildman–Crippen MR) is 92.1 cm³/mol. The highest BCUT2D eigenvalue weighted by molar-refractivity contribution is 5.76. The maximum absolute atomic E-state index is 13.1. The third-order valence-electron chi connectivity index (χ3n) is 4.41. The fourth-order valence-electron chi connectivity index (χ4n) is 3.18. The van der Waals surface area contributed by atoms with Crippen LogP contribution in [-0.2, 0) is 4.79 Å². The summed E-state index contributed by atoms with van der Waals surface area (Å²) in [5.41, 5.74) is 4.27. The number of hydrogen-bond acceptors (Lipinski definition) is 2. The van der Waals surface area contributed by atoms with Gasteiger partial charge in [0.2, 0.25) is 0 Å². The Kier molecular flexibility index (Phi) is 4.76. The van der Waals surface area contributed by atoms with Crippen molar-refractivity contribution in [3.05, 3.63) is 77.1 Å². The molecule has 1 aliphatic rings. The summed E-state index contributed by atoms with van der Waals surface area (Å²) >= 11 is 0. The van der Waals surface area contributed by atoms with E-state index in [-0.39, 0.29) is 5.82 Å². The minimum absolute atomic E-state index is 0.358. The van der Waals surface area contributed by atoms with Crippen molar-refractivity contribution in [2.24, 2.45) is 0 Å². The highest BCUT2D eigenvalue weighted by atomic mass is 19.1. The predicted octanol–water partition coefficient (Wildman–Crippen LogP) is 4.05. The van der Waals surface area contributed by atoms with E-state index in [0.29, 0.717) is 18.7 Å². The third-order valence-corrected chi connectivity index (χ3v) is 4.41. The van der Waals surface area contributed by atoms with Crippen LogP contribution >= 0.6 is 0 Å². The van der Waals surface area contributed by atoms with Gasteiger partial charge in [0.05, 0.1) is 0 Å². The number of aliphatic carboxylic acids is 1. The molecule has 1 heterocycles. The van der Waals surface area contributed by atoms with E-state index >= 15 is 0 Å². The van der Waals surface area contributed by atoms with Crippen LogP contribution in [0.5, 0.6) is 0 Å². The highest BCUT2D eigenvalue weighted by Crippen LogP contribution is 2.29. The van der Waals surface area contributed by atoms with Crippen molar-refractivity contribution in [3.63, 3.8) is 0 Å². The van der Waals surface area contributed by atoms with E-state index in [1.807, 2.05) is 11.0 Å². The molecule has 2 aromatic carbocycles. The SMILES string of the molecule is Cc1cccc(C2=CCN(C(C(=O)O)c3ccc(F)cc3)CC2)c1. The standard InChI is InChI=1S/C20H20FNO2/c1-14-3-2-4-17(13-14)15-9-11-22(12-10-15)19(20(23)24)16-5-7-18(21)8-6-16/h2-9,13,19H,10-12H2,1H3,(H,23,24). The van der Waals surface area contributed by atoms with Crippen molar-refractivity contribution in [3.8, 4) is 0 Å². The molecule has 1 unspecified atom stereocenters. The minimum Gasteiger partial charge on any atom is -0.480 e. The molecule has 3 nitrogen and oxygen atoms in total. The lowest BCUT2D eigenvalue weighted by Crippen LogP contribution is -2.37. The summed E-state index contributed by atoms with van der Waals surface area (Å²) in [5.74, 6) is -1.27. The maximum Gasteiger partial charge on any atom is 0.325 e. The summed E-state index contributed by atoms with van der Waals surface area (Å²) in [5, 5.41) is 9.61. The Bertz CT molecular complexity index is 767. The van der Waals surface area contributed by atoms with Crippen LogP contribution in [-0.4, -0.2) is 29.1 Å². The molecule has 0 spiro atoms. The van der Waals surface area contributed by atoms with E-state index in [4.69, 9.17) is 0 Å². The van der Waals surface area contributed by atoms with Gasteiger partial charge in [-0.1, -0.05) is 48.0 Å². The van der Waals surface area contributed by atoms with Crippen molar-refractivity contribution in [1.82, 2.24) is 4.90 Å². The van der Waals surface area contributed by atoms with Crippen molar-refractivity contribution >= 4 is 11.5 Å². The first-order chi connectivity index (χ1) is 11.5. The Balaban J connectivity index is 1.80. The van der Waals surface area contributed by atoms with E-state index in [1.54, 1.807) is 12.1 Å². The molecule has 0 saturated heterocycles. The normalized spacial score (nSPS) is 16.5. The summed E-state index contributed by atoms with van der Waals surface area (Å²) in [7, 11) is 0. The summed E-state index contributed by atoms with van der Waals surface area (Å²) in [6.45, 7) is 3.29. The number of hydrogen-bond donors (Lipinski definition) is 1. The van der Waals surface area contributed by atoms with Crippen LogP contribution in [0, 0.1) is 12.7 Å². The molecular formula is C20H20FNO2. The lowest BCUT2D eigenvalue weighted by Gasteiger charge is -2.32. The van der Waals surface area contributed by atoms with E-state index in [1.165, 1.54) is 28.8 Å². The van der Waals surface area contributed by atoms with Gasteiger partial charge in [0.1, 0.15) is 11.9 Å². The van der Waals surface area contributed by atoms with E-state index in [9.17, 15) is 14.3 Å². The smallest absolute Gasteiger partial charge is 0.325 e. The molecule has 0 saturated carbocycles. The van der Waals surface area contributed by atoms with Crippen LogP contribution in [0.25, 0.3) is 5.57 Å². The molecule has 1 atom stereocenters. The second-order valence-corrected chi connectivity index (χ2v) is 6.14. The first-order valence-corrected chi connectivity index (χ1v) is 8.03. The van der Waals surface area contributed by atoms with Gasteiger partial charge in [-0.15, -0.1) is 0 Å². The lowest BCUT2D eigenvalue weighted by atomic mass is 9.96. The first kappa shape index (κ1) is 16.4. The molecule has 1 N–H and O–H groups in total. The monoisotopic (exact) mass is 325 g/mol. The van der Waals surface area contributed by atoms with Crippen LogP contribution in [0.3, 0.4) is 0 Å². The molecule has 0 radical (unpaired) electrons. The average Bonchev–Trinajstić information content (AvgIpc) is 2.57. The van der Waals surface area contributed by atoms with Crippen molar-refractivity contribution < 1.29 is 14.3 Å². The summed E-state index contributed by atoms with van der Waals surface area (Å²) in [6.07, 6.45) is 2.90. The van der Waals surface area contributed by atoms with Crippen molar-refractivity contribution in [1.29, 1.82) is 0 Å². The lowest BCUT2D eigenvalue weighted by molar-refractivity contribution is -0.143. The Morgan fingerprint density at radius 2 is 1.96 bits per heavy atom. The molecule has 0 aliphatic carbocycles. The fourth-order valence-corrected chi connectivity index (χ4v) is 3.18. The van der Waals surface area contributed by atoms with Crippen molar-refractivity contribution in [2.45, 2.75) is 19.4 Å². The number of carboxylic acid groups (broad SMARTS) is 1. The highest BCUT2D eigenvalue weighted by Gasteiger charge is 2.28. The third kappa shape index (κ3) is 3.54. The second kappa shape index (κ2) is 6.97. The van der Waals surface area contributed by atoms with E-state index < -0.39 is 12.0 Å². The van der Waals surface area contributed by atoms with Crippen LogP contribution < -0.4 is 0 Å². The van der Waals surface area contributed by atoms with E-state index in [2.05, 4.69) is 31.2 Å². The van der Waals surface area contributed by atoms with Crippen molar-refractivity contribution in [2.75, 3.05) is 13.1 Å². The number of carbonyl (C=O) groups is 1. The van der Waals surface area contributed by atoms with Crippen LogP contribution in [0.15, 0.2) is 54.6 Å². The molecule has 0 fully saturated rings. The molecule has 4 heteroatoms. The van der Waals surface area contributed by atoms with Gasteiger partial charge in [0.25, 0.3) is 0 Å². The number of benzene rings is 2. The van der Waals surface area contributed by atoms with Gasteiger partial charge in [-0.2, -0.15) is 0 Å². The largest absolute Gasteiger partial charge is 0.480 e.